The molecule has 2 atom stereocenters. The Morgan fingerprint density at radius 3 is 2.74 bits per heavy atom. The molecule has 7 nitrogen and oxygen atoms in total. The van der Waals surface area contributed by atoms with Crippen LogP contribution in [-0.4, -0.2) is 63.5 Å². The van der Waals surface area contributed by atoms with Gasteiger partial charge in [-0.2, -0.15) is 0 Å². The molecule has 0 aromatic carbocycles. The lowest BCUT2D eigenvalue weighted by atomic mass is 10.1. The minimum atomic E-state index is -0.198. The Bertz CT molecular complexity index is 485. The molecule has 1 fully saturated rings. The third-order valence-corrected chi connectivity index (χ3v) is 3.83. The number of nitrogens with zero attached hydrogens (tertiary/aromatic N) is 1. The number of urea groups is 1. The summed E-state index contributed by atoms with van der Waals surface area (Å²) in [6.07, 6.45) is 0. The highest BCUT2D eigenvalue weighted by atomic mass is 16.5. The fourth-order valence-corrected chi connectivity index (χ4v) is 2.69. The molecular weight excluding hydrogens is 298 g/mol. The van der Waals surface area contributed by atoms with E-state index in [4.69, 9.17) is 13.9 Å². The van der Waals surface area contributed by atoms with E-state index >= 15 is 0 Å². The molecule has 0 radical (unpaired) electrons. The number of hydrogen-bond acceptors (Lipinski definition) is 5. The largest absolute Gasteiger partial charge is 0.465 e. The van der Waals surface area contributed by atoms with Crippen LogP contribution in [0, 0.1) is 6.92 Å². The second-order valence-corrected chi connectivity index (χ2v) is 5.82. The maximum atomic E-state index is 12.0. The summed E-state index contributed by atoms with van der Waals surface area (Å²) in [5.74, 6) is 1.74. The van der Waals surface area contributed by atoms with E-state index in [1.807, 2.05) is 26.0 Å². The summed E-state index contributed by atoms with van der Waals surface area (Å²) in [4.78, 5) is 14.3. The monoisotopic (exact) mass is 325 g/mol. The Kier molecular flexibility index (Phi) is 6.88. The molecule has 1 aromatic heterocycles. The van der Waals surface area contributed by atoms with Crippen LogP contribution in [0.1, 0.15) is 24.5 Å². The van der Waals surface area contributed by atoms with Crippen LogP contribution in [0.3, 0.4) is 0 Å². The predicted molar refractivity (Wildman–Crippen MR) is 86.5 cm³/mol. The topological polar surface area (TPSA) is 76.0 Å². The lowest BCUT2D eigenvalue weighted by Gasteiger charge is -2.33. The smallest absolute Gasteiger partial charge is 0.315 e. The van der Waals surface area contributed by atoms with Gasteiger partial charge in [0.05, 0.1) is 31.9 Å². The molecule has 2 heterocycles. The highest BCUT2D eigenvalue weighted by Gasteiger charge is 2.25. The van der Waals surface area contributed by atoms with E-state index in [-0.39, 0.29) is 18.1 Å². The summed E-state index contributed by atoms with van der Waals surface area (Å²) in [5, 5.41) is 5.78. The van der Waals surface area contributed by atoms with Gasteiger partial charge in [0.2, 0.25) is 0 Å². The van der Waals surface area contributed by atoms with Crippen molar-refractivity contribution in [3.8, 4) is 0 Å². The Morgan fingerprint density at radius 1 is 1.39 bits per heavy atom. The highest BCUT2D eigenvalue weighted by Crippen LogP contribution is 2.23. The number of furan rings is 1. The van der Waals surface area contributed by atoms with Crippen molar-refractivity contribution in [2.75, 3.05) is 46.6 Å². The van der Waals surface area contributed by atoms with Gasteiger partial charge in [-0.1, -0.05) is 0 Å². The zero-order chi connectivity index (χ0) is 16.7. The molecule has 1 aromatic rings. The minimum absolute atomic E-state index is 0.0103. The normalized spacial score (nSPS) is 18.4. The summed E-state index contributed by atoms with van der Waals surface area (Å²) < 4.78 is 16.2. The van der Waals surface area contributed by atoms with Crippen LogP contribution in [-0.2, 0) is 9.47 Å². The number of rotatable bonds is 7. The SMILES string of the molecule is COC[C@@H](C)NC(=O)NC[C@@H](c1ccc(C)o1)N1CCOCC1. The van der Waals surface area contributed by atoms with Gasteiger partial charge < -0.3 is 24.5 Å². The fourth-order valence-electron chi connectivity index (χ4n) is 2.69. The van der Waals surface area contributed by atoms with Gasteiger partial charge in [-0.3, -0.25) is 4.90 Å². The maximum absolute atomic E-state index is 12.0. The Hall–Kier alpha value is -1.57. The molecule has 0 aliphatic carbocycles. The number of nitrogens with one attached hydrogen (secondary N) is 2. The molecule has 0 unspecified atom stereocenters. The fraction of sp³-hybridized carbons (Fsp3) is 0.688. The van der Waals surface area contributed by atoms with Crippen LogP contribution in [0.4, 0.5) is 4.79 Å². The molecule has 1 aliphatic heterocycles. The molecule has 2 amide bonds. The second-order valence-electron chi connectivity index (χ2n) is 5.82. The van der Waals surface area contributed by atoms with Crippen molar-refractivity contribution < 1.29 is 18.7 Å². The first-order valence-electron chi connectivity index (χ1n) is 8.01. The predicted octanol–water partition coefficient (Wildman–Crippen LogP) is 1.30. The molecule has 1 aliphatic rings. The van der Waals surface area contributed by atoms with Crippen molar-refractivity contribution in [1.29, 1.82) is 0 Å². The molecule has 130 valence electrons. The van der Waals surface area contributed by atoms with E-state index in [1.54, 1.807) is 7.11 Å². The van der Waals surface area contributed by atoms with E-state index < -0.39 is 0 Å². The molecule has 2 rings (SSSR count). The van der Waals surface area contributed by atoms with Crippen molar-refractivity contribution in [2.45, 2.75) is 25.9 Å². The number of carbonyl (C=O) groups is 1. The highest BCUT2D eigenvalue weighted by molar-refractivity contribution is 5.74. The Labute approximate surface area is 137 Å². The molecule has 2 N–H and O–H groups in total. The van der Waals surface area contributed by atoms with Crippen molar-refractivity contribution in [3.05, 3.63) is 23.7 Å². The summed E-state index contributed by atoms with van der Waals surface area (Å²) in [6, 6.07) is 3.70. The van der Waals surface area contributed by atoms with Crippen LogP contribution in [0.15, 0.2) is 16.5 Å². The van der Waals surface area contributed by atoms with Crippen LogP contribution >= 0.6 is 0 Å². The van der Waals surface area contributed by atoms with E-state index in [2.05, 4.69) is 15.5 Å². The Morgan fingerprint density at radius 2 is 2.13 bits per heavy atom. The standard InChI is InChI=1S/C16H27N3O4/c1-12(11-21-3)18-16(20)17-10-14(15-5-4-13(2)23-15)19-6-8-22-9-7-19/h4-5,12,14H,6-11H2,1-3H3,(H2,17,18,20)/t12-,14+/m1/s1. The van der Waals surface area contributed by atoms with E-state index in [9.17, 15) is 4.79 Å². The molecule has 0 saturated carbocycles. The number of amides is 2. The first-order chi connectivity index (χ1) is 11.1. The minimum Gasteiger partial charge on any atom is -0.465 e. The first kappa shape index (κ1) is 17.8. The first-order valence-corrected chi connectivity index (χ1v) is 8.01. The van der Waals surface area contributed by atoms with Gasteiger partial charge in [-0.05, 0) is 26.0 Å². The average Bonchev–Trinajstić information content (AvgIpc) is 2.95. The van der Waals surface area contributed by atoms with Crippen molar-refractivity contribution in [2.24, 2.45) is 0 Å². The number of ether oxygens (including phenoxy) is 2. The van der Waals surface area contributed by atoms with Crippen LogP contribution in [0.2, 0.25) is 0 Å². The lowest BCUT2D eigenvalue weighted by molar-refractivity contribution is 0.0121. The van der Waals surface area contributed by atoms with Gasteiger partial charge in [-0.15, -0.1) is 0 Å². The quantitative estimate of drug-likeness (QED) is 0.790. The zero-order valence-corrected chi connectivity index (χ0v) is 14.1. The lowest BCUT2D eigenvalue weighted by Crippen LogP contribution is -2.47. The van der Waals surface area contributed by atoms with E-state index in [0.29, 0.717) is 26.4 Å². The number of aryl methyl sites for hydroxylation is 1. The third kappa shape index (κ3) is 5.53. The molecule has 23 heavy (non-hydrogen) atoms. The molecule has 7 heteroatoms. The Balaban J connectivity index is 1.93. The second kappa shape index (κ2) is 8.90. The summed E-state index contributed by atoms with van der Waals surface area (Å²) in [6.45, 7) is 7.85. The summed E-state index contributed by atoms with van der Waals surface area (Å²) >= 11 is 0. The number of carbonyl (C=O) groups excluding carboxylic acids is 1. The van der Waals surface area contributed by atoms with Crippen molar-refractivity contribution >= 4 is 6.03 Å². The zero-order valence-electron chi connectivity index (χ0n) is 14.1. The number of methoxy groups -OCH3 is 1. The van der Waals surface area contributed by atoms with Crippen molar-refractivity contribution in [1.82, 2.24) is 15.5 Å². The van der Waals surface area contributed by atoms with Gasteiger partial charge in [-0.25, -0.2) is 4.79 Å². The summed E-state index contributed by atoms with van der Waals surface area (Å²) in [7, 11) is 1.61. The van der Waals surface area contributed by atoms with Crippen LogP contribution in [0.5, 0.6) is 0 Å². The van der Waals surface area contributed by atoms with Gasteiger partial charge in [0.15, 0.2) is 0 Å². The van der Waals surface area contributed by atoms with Gasteiger partial charge in [0.1, 0.15) is 11.5 Å². The van der Waals surface area contributed by atoms with Gasteiger partial charge >= 0.3 is 6.03 Å². The van der Waals surface area contributed by atoms with Gasteiger partial charge in [0, 0.05) is 26.7 Å². The van der Waals surface area contributed by atoms with Crippen LogP contribution < -0.4 is 10.6 Å². The molecule has 0 spiro atoms. The van der Waals surface area contributed by atoms with Gasteiger partial charge in [0.25, 0.3) is 0 Å². The molecule has 1 saturated heterocycles. The van der Waals surface area contributed by atoms with Crippen molar-refractivity contribution in [3.63, 3.8) is 0 Å². The number of hydrogen-bond donors (Lipinski definition) is 2. The van der Waals surface area contributed by atoms with E-state index in [1.165, 1.54) is 0 Å². The maximum Gasteiger partial charge on any atom is 0.315 e. The third-order valence-electron chi connectivity index (χ3n) is 3.83. The van der Waals surface area contributed by atoms with E-state index in [0.717, 1.165) is 24.6 Å². The average molecular weight is 325 g/mol. The summed E-state index contributed by atoms with van der Waals surface area (Å²) in [5.41, 5.74) is 0. The molecular formula is C16H27N3O4. The number of morpholine rings is 1. The molecule has 0 bridgehead atoms. The van der Waals surface area contributed by atoms with Crippen LogP contribution in [0.25, 0.3) is 0 Å².